The van der Waals surface area contributed by atoms with Crippen molar-refractivity contribution in [3.8, 4) is 0 Å². The van der Waals surface area contributed by atoms with Crippen LogP contribution in [0.15, 0.2) is 42.5 Å². The van der Waals surface area contributed by atoms with Crippen molar-refractivity contribution >= 4 is 16.4 Å². The topological polar surface area (TPSA) is 37.4 Å². The number of hydrogen-bond donors (Lipinski definition) is 1. The number of halogens is 1. The van der Waals surface area contributed by atoms with Crippen molar-refractivity contribution in [2.75, 3.05) is 11.4 Å². The van der Waals surface area contributed by atoms with Gasteiger partial charge < -0.3 is 4.90 Å². The third-order valence-corrected chi connectivity index (χ3v) is 4.56. The second kappa shape index (κ2) is 6.48. The summed E-state index contributed by atoms with van der Waals surface area (Å²) in [5.74, 6) is -0.225. The van der Waals surface area contributed by atoms with Gasteiger partial charge in [0, 0.05) is 12.2 Å². The van der Waals surface area contributed by atoms with Crippen LogP contribution in [0.5, 0.6) is 0 Å². The molecule has 1 saturated heterocycles. The van der Waals surface area contributed by atoms with Crippen molar-refractivity contribution in [2.45, 2.75) is 24.6 Å². The number of benzene rings is 2. The highest BCUT2D eigenvalue weighted by atomic mass is 32.2. The van der Waals surface area contributed by atoms with Crippen LogP contribution in [0.1, 0.15) is 30.0 Å². The Labute approximate surface area is 131 Å². The molecule has 1 heterocycles. The molecule has 0 N–H and O–H groups in total. The summed E-state index contributed by atoms with van der Waals surface area (Å²) in [5, 5.41) is 0. The maximum Gasteiger partial charge on any atom is 0.144 e. The highest BCUT2D eigenvalue weighted by Crippen LogP contribution is 2.36. The minimum absolute atomic E-state index is 0.00163. The summed E-state index contributed by atoms with van der Waals surface area (Å²) in [4.78, 5) is 2.21. The molecule has 3 rings (SSSR count). The Bertz CT molecular complexity index is 737. The summed E-state index contributed by atoms with van der Waals surface area (Å²) in [5.41, 5.74) is 2.60. The smallest absolute Gasteiger partial charge is 0.144 e. The van der Waals surface area contributed by atoms with E-state index in [-0.39, 0.29) is 17.6 Å². The Kier molecular flexibility index (Phi) is 4.43. The highest BCUT2D eigenvalue weighted by Gasteiger charge is 2.26. The molecule has 22 heavy (non-hydrogen) atoms. The maximum absolute atomic E-state index is 13.5. The Morgan fingerprint density at radius 2 is 2.14 bits per heavy atom. The first kappa shape index (κ1) is 15.0. The summed E-state index contributed by atoms with van der Waals surface area (Å²) in [6, 6.07) is 15.3. The highest BCUT2D eigenvalue weighted by molar-refractivity contribution is 7.71. The van der Waals surface area contributed by atoms with E-state index >= 15 is 0 Å². The van der Waals surface area contributed by atoms with Crippen LogP contribution in [0, 0.1) is 11.9 Å². The second-order valence-electron chi connectivity index (χ2n) is 5.47. The molecule has 2 aromatic carbocycles. The van der Waals surface area contributed by atoms with E-state index in [2.05, 4.69) is 11.0 Å². The van der Waals surface area contributed by atoms with Gasteiger partial charge in [-0.2, -0.15) is 0 Å². The van der Waals surface area contributed by atoms with Crippen molar-refractivity contribution in [3.05, 3.63) is 65.5 Å². The second-order valence-corrected chi connectivity index (χ2v) is 6.45. The average molecular weight is 318 g/mol. The van der Waals surface area contributed by atoms with E-state index < -0.39 is 10.7 Å². The number of hydrogen-bond acceptors (Lipinski definition) is 3. The van der Waals surface area contributed by atoms with Gasteiger partial charge in [0.2, 0.25) is 0 Å². The standard InChI is InChI=1S/C17H17FNO2S/c18-15-6-2-5-14(11-15)17-8-3-9-19(17)16-7-1-4-13(10-16)12-22(20)21/h1-2,5-7,10-11,17,22H,3,8-9,12H2. The van der Waals surface area contributed by atoms with E-state index in [1.54, 1.807) is 18.2 Å². The molecule has 1 unspecified atom stereocenters. The number of rotatable bonds is 4. The predicted octanol–water partition coefficient (Wildman–Crippen LogP) is 3.08. The van der Waals surface area contributed by atoms with Crippen LogP contribution in [-0.2, 0) is 16.5 Å². The van der Waals surface area contributed by atoms with E-state index in [0.29, 0.717) is 5.56 Å². The lowest BCUT2D eigenvalue weighted by atomic mass is 10.0. The Morgan fingerprint density at radius 3 is 2.91 bits per heavy atom. The molecule has 1 radical (unpaired) electrons. The molecule has 115 valence electrons. The molecule has 2 aromatic rings. The molecule has 0 saturated carbocycles. The zero-order chi connectivity index (χ0) is 15.5. The Morgan fingerprint density at radius 1 is 1.27 bits per heavy atom. The van der Waals surface area contributed by atoms with Gasteiger partial charge >= 0.3 is 0 Å². The van der Waals surface area contributed by atoms with Gasteiger partial charge in [0.15, 0.2) is 0 Å². The summed E-state index contributed by atoms with van der Waals surface area (Å²) < 4.78 is 35.2. The Hall–Kier alpha value is -1.88. The molecule has 3 nitrogen and oxygen atoms in total. The van der Waals surface area contributed by atoms with E-state index in [1.165, 1.54) is 6.07 Å². The van der Waals surface area contributed by atoms with Crippen molar-refractivity contribution in [3.63, 3.8) is 0 Å². The van der Waals surface area contributed by atoms with Gasteiger partial charge in [-0.15, -0.1) is 0 Å². The Balaban J connectivity index is 1.90. The fraction of sp³-hybridized carbons (Fsp3) is 0.294. The van der Waals surface area contributed by atoms with Gasteiger partial charge in [0.25, 0.3) is 0 Å². The largest absolute Gasteiger partial charge is 0.364 e. The molecule has 0 spiro atoms. The zero-order valence-corrected chi connectivity index (χ0v) is 12.9. The summed E-state index contributed by atoms with van der Waals surface area (Å²) in [6.45, 7) is 0.883. The molecule has 1 atom stereocenters. The first-order valence-electron chi connectivity index (χ1n) is 7.28. The minimum Gasteiger partial charge on any atom is -0.364 e. The first-order chi connectivity index (χ1) is 10.6. The van der Waals surface area contributed by atoms with E-state index in [4.69, 9.17) is 0 Å². The quantitative estimate of drug-likeness (QED) is 0.880. The molecule has 0 bridgehead atoms. The molecular formula is C17H17FNO2S. The average Bonchev–Trinajstić information content (AvgIpc) is 2.96. The number of thiol groups is 1. The zero-order valence-electron chi connectivity index (χ0n) is 12.0. The maximum atomic E-state index is 13.5. The van der Waals surface area contributed by atoms with Crippen LogP contribution in [0.4, 0.5) is 10.1 Å². The molecule has 0 aliphatic carbocycles. The SMILES string of the molecule is O=[SH](=O)Cc1[c]ccc(N2CCCC2c2cccc(F)c2)c1. The summed E-state index contributed by atoms with van der Waals surface area (Å²) in [6.07, 6.45) is 2.00. The van der Waals surface area contributed by atoms with Crippen LogP contribution < -0.4 is 4.90 Å². The van der Waals surface area contributed by atoms with E-state index in [0.717, 1.165) is 30.6 Å². The molecule has 1 aliphatic heterocycles. The lowest BCUT2D eigenvalue weighted by molar-refractivity contribution is 0.613. The van der Waals surface area contributed by atoms with Crippen molar-refractivity contribution < 1.29 is 12.8 Å². The molecule has 1 fully saturated rings. The summed E-state index contributed by atoms with van der Waals surface area (Å²) in [7, 11) is -2.46. The third-order valence-electron chi connectivity index (χ3n) is 3.96. The number of nitrogens with zero attached hydrogens (tertiary/aromatic N) is 1. The van der Waals surface area contributed by atoms with Crippen LogP contribution in [0.25, 0.3) is 0 Å². The predicted molar refractivity (Wildman–Crippen MR) is 85.0 cm³/mol. The molecule has 1 aliphatic rings. The fourth-order valence-corrected chi connectivity index (χ4v) is 3.51. The fourth-order valence-electron chi connectivity index (χ4n) is 3.05. The molecule has 0 aromatic heterocycles. The van der Waals surface area contributed by atoms with Crippen LogP contribution in [-0.4, -0.2) is 15.0 Å². The van der Waals surface area contributed by atoms with Gasteiger partial charge in [0.1, 0.15) is 16.5 Å². The minimum atomic E-state index is -2.46. The van der Waals surface area contributed by atoms with Gasteiger partial charge in [-0.25, -0.2) is 12.8 Å². The third kappa shape index (κ3) is 3.30. The molecular weight excluding hydrogens is 301 g/mol. The van der Waals surface area contributed by atoms with Crippen LogP contribution in [0.2, 0.25) is 0 Å². The van der Waals surface area contributed by atoms with Crippen molar-refractivity contribution in [1.29, 1.82) is 0 Å². The molecule has 0 amide bonds. The van der Waals surface area contributed by atoms with Gasteiger partial charge in [-0.05, 0) is 54.3 Å². The van der Waals surface area contributed by atoms with Crippen molar-refractivity contribution in [2.24, 2.45) is 0 Å². The monoisotopic (exact) mass is 318 g/mol. The normalized spacial score (nSPS) is 18.1. The van der Waals surface area contributed by atoms with Gasteiger partial charge in [0.05, 0.1) is 11.8 Å². The molecule has 5 heteroatoms. The van der Waals surface area contributed by atoms with Crippen molar-refractivity contribution in [1.82, 2.24) is 0 Å². The summed E-state index contributed by atoms with van der Waals surface area (Å²) >= 11 is 0. The van der Waals surface area contributed by atoms with Gasteiger partial charge in [-0.3, -0.25) is 0 Å². The van der Waals surface area contributed by atoms with E-state index in [9.17, 15) is 12.8 Å². The van der Waals surface area contributed by atoms with Crippen LogP contribution in [0.3, 0.4) is 0 Å². The van der Waals surface area contributed by atoms with E-state index in [1.807, 2.05) is 18.2 Å². The lowest BCUT2D eigenvalue weighted by Crippen LogP contribution is -2.22. The number of anilines is 1. The van der Waals surface area contributed by atoms with Crippen LogP contribution >= 0.6 is 0 Å². The lowest BCUT2D eigenvalue weighted by Gasteiger charge is -2.27. The van der Waals surface area contributed by atoms with Gasteiger partial charge in [-0.1, -0.05) is 18.2 Å². The first-order valence-corrected chi connectivity index (χ1v) is 8.64.